The normalized spacial score (nSPS) is 13.7. The van der Waals surface area contributed by atoms with E-state index in [-0.39, 0.29) is 18.2 Å². The quantitative estimate of drug-likeness (QED) is 0.684. The SMILES string of the molecule is CC(C)CC(O)CNS(=O)(=O)c1ccc(N)cc1F. The van der Waals surface area contributed by atoms with Crippen LogP contribution >= 0.6 is 0 Å². The zero-order valence-corrected chi connectivity index (χ0v) is 11.7. The Balaban J connectivity index is 2.76. The lowest BCUT2D eigenvalue weighted by atomic mass is 10.1. The van der Waals surface area contributed by atoms with E-state index in [0.717, 1.165) is 12.1 Å². The van der Waals surface area contributed by atoms with E-state index in [4.69, 9.17) is 5.73 Å². The standard InChI is InChI=1S/C12H19FN2O3S/c1-8(2)5-10(16)7-15-19(17,18)12-4-3-9(14)6-11(12)13/h3-4,6,8,10,15-16H,5,7,14H2,1-2H3. The largest absolute Gasteiger partial charge is 0.399 e. The van der Waals surface area contributed by atoms with Crippen LogP contribution in [-0.4, -0.2) is 26.2 Å². The molecule has 0 heterocycles. The minimum atomic E-state index is -3.98. The van der Waals surface area contributed by atoms with E-state index < -0.39 is 26.8 Å². The zero-order valence-electron chi connectivity index (χ0n) is 10.9. The number of rotatable bonds is 6. The summed E-state index contributed by atoms with van der Waals surface area (Å²) in [6.07, 6.45) is -0.334. The van der Waals surface area contributed by atoms with Crippen LogP contribution < -0.4 is 10.5 Å². The van der Waals surface area contributed by atoms with Crippen LogP contribution in [0.3, 0.4) is 0 Å². The molecular weight excluding hydrogens is 271 g/mol. The molecule has 19 heavy (non-hydrogen) atoms. The molecule has 4 N–H and O–H groups in total. The van der Waals surface area contributed by atoms with Crippen LogP contribution in [0.2, 0.25) is 0 Å². The number of nitrogens with one attached hydrogen (secondary N) is 1. The van der Waals surface area contributed by atoms with Crippen molar-refractivity contribution in [2.24, 2.45) is 5.92 Å². The predicted molar refractivity (Wildman–Crippen MR) is 71.5 cm³/mol. The summed E-state index contributed by atoms with van der Waals surface area (Å²) in [5.41, 5.74) is 5.50. The second-order valence-corrected chi connectivity index (χ2v) is 6.56. The summed E-state index contributed by atoms with van der Waals surface area (Å²) in [5.74, 6) is -0.668. The lowest BCUT2D eigenvalue weighted by molar-refractivity contribution is 0.152. The van der Waals surface area contributed by atoms with Gasteiger partial charge in [-0.1, -0.05) is 13.8 Å². The van der Waals surface area contributed by atoms with Gasteiger partial charge in [0, 0.05) is 12.2 Å². The molecule has 0 aromatic heterocycles. The van der Waals surface area contributed by atoms with Crippen LogP contribution in [-0.2, 0) is 10.0 Å². The highest BCUT2D eigenvalue weighted by Crippen LogP contribution is 2.17. The molecule has 0 aliphatic heterocycles. The molecular formula is C12H19FN2O3S. The van der Waals surface area contributed by atoms with Gasteiger partial charge < -0.3 is 10.8 Å². The van der Waals surface area contributed by atoms with Crippen molar-refractivity contribution in [1.29, 1.82) is 0 Å². The summed E-state index contributed by atoms with van der Waals surface area (Å²) in [5, 5.41) is 9.60. The third-order valence-electron chi connectivity index (χ3n) is 2.50. The Hall–Kier alpha value is -1.18. The fourth-order valence-corrected chi connectivity index (χ4v) is 2.78. The zero-order chi connectivity index (χ0) is 14.6. The molecule has 1 unspecified atom stereocenters. The number of nitrogens with two attached hydrogens (primary N) is 1. The lowest BCUT2D eigenvalue weighted by Crippen LogP contribution is -2.33. The summed E-state index contributed by atoms with van der Waals surface area (Å²) >= 11 is 0. The summed E-state index contributed by atoms with van der Waals surface area (Å²) in [6.45, 7) is 3.68. The van der Waals surface area contributed by atoms with Crippen molar-refractivity contribution in [2.75, 3.05) is 12.3 Å². The number of sulfonamides is 1. The van der Waals surface area contributed by atoms with Gasteiger partial charge in [-0.25, -0.2) is 17.5 Å². The van der Waals surface area contributed by atoms with Gasteiger partial charge in [0.15, 0.2) is 0 Å². The molecule has 1 atom stereocenters. The Bertz CT molecular complexity index is 532. The molecule has 0 saturated heterocycles. The van der Waals surface area contributed by atoms with E-state index >= 15 is 0 Å². The Kier molecular flexibility index (Phi) is 5.28. The Morgan fingerprint density at radius 2 is 2.05 bits per heavy atom. The minimum absolute atomic E-state index is 0.148. The maximum Gasteiger partial charge on any atom is 0.243 e. The number of hydrogen-bond acceptors (Lipinski definition) is 4. The molecule has 0 aliphatic carbocycles. The number of aliphatic hydroxyl groups is 1. The third-order valence-corrected chi connectivity index (χ3v) is 3.95. The van der Waals surface area contributed by atoms with Gasteiger partial charge in [0.2, 0.25) is 10.0 Å². The van der Waals surface area contributed by atoms with Gasteiger partial charge in [0.25, 0.3) is 0 Å². The number of anilines is 1. The van der Waals surface area contributed by atoms with Crippen LogP contribution in [0.5, 0.6) is 0 Å². The third kappa shape index (κ3) is 4.77. The Morgan fingerprint density at radius 1 is 1.42 bits per heavy atom. The van der Waals surface area contributed by atoms with Gasteiger partial charge in [0.1, 0.15) is 10.7 Å². The molecule has 0 amide bonds. The van der Waals surface area contributed by atoms with Crippen LogP contribution in [0.25, 0.3) is 0 Å². The number of benzene rings is 1. The highest BCUT2D eigenvalue weighted by atomic mass is 32.2. The molecule has 7 heteroatoms. The first-order chi connectivity index (χ1) is 8.72. The van der Waals surface area contributed by atoms with E-state index in [2.05, 4.69) is 4.72 Å². The average molecular weight is 290 g/mol. The summed E-state index contributed by atoms with van der Waals surface area (Å²) in [6, 6.07) is 3.35. The molecule has 0 fully saturated rings. The first-order valence-corrected chi connectivity index (χ1v) is 7.43. The molecule has 1 aromatic carbocycles. The maximum absolute atomic E-state index is 13.5. The fourth-order valence-electron chi connectivity index (χ4n) is 1.65. The molecule has 0 aliphatic rings. The van der Waals surface area contributed by atoms with Crippen molar-refractivity contribution in [3.63, 3.8) is 0 Å². The topological polar surface area (TPSA) is 92.4 Å². The molecule has 0 radical (unpaired) electrons. The average Bonchev–Trinajstić information content (AvgIpc) is 2.25. The number of hydrogen-bond donors (Lipinski definition) is 3. The van der Waals surface area contributed by atoms with E-state index in [1.54, 1.807) is 0 Å². The van der Waals surface area contributed by atoms with Gasteiger partial charge in [0.05, 0.1) is 6.10 Å². The van der Waals surface area contributed by atoms with Crippen LogP contribution in [0.4, 0.5) is 10.1 Å². The molecule has 0 spiro atoms. The molecule has 0 saturated carbocycles. The van der Waals surface area contributed by atoms with Crippen molar-refractivity contribution in [1.82, 2.24) is 4.72 Å². The molecule has 108 valence electrons. The highest BCUT2D eigenvalue weighted by molar-refractivity contribution is 7.89. The van der Waals surface area contributed by atoms with Crippen LogP contribution in [0, 0.1) is 11.7 Å². The molecule has 5 nitrogen and oxygen atoms in total. The number of nitrogen functional groups attached to an aromatic ring is 1. The molecule has 0 bridgehead atoms. The van der Waals surface area contributed by atoms with Crippen molar-refractivity contribution >= 4 is 15.7 Å². The second-order valence-electron chi connectivity index (χ2n) is 4.83. The summed E-state index contributed by atoms with van der Waals surface area (Å²) in [7, 11) is -3.98. The Morgan fingerprint density at radius 3 is 2.58 bits per heavy atom. The van der Waals surface area contributed by atoms with Crippen molar-refractivity contribution in [2.45, 2.75) is 31.3 Å². The second kappa shape index (κ2) is 6.31. The van der Waals surface area contributed by atoms with Gasteiger partial charge in [-0.15, -0.1) is 0 Å². The number of aliphatic hydroxyl groups excluding tert-OH is 1. The Labute approximate surface area is 112 Å². The lowest BCUT2D eigenvalue weighted by Gasteiger charge is -2.14. The smallest absolute Gasteiger partial charge is 0.243 e. The molecule has 1 rings (SSSR count). The fraction of sp³-hybridized carbons (Fsp3) is 0.500. The van der Waals surface area contributed by atoms with Gasteiger partial charge >= 0.3 is 0 Å². The van der Waals surface area contributed by atoms with Crippen molar-refractivity contribution in [3.05, 3.63) is 24.0 Å². The first kappa shape index (κ1) is 15.9. The maximum atomic E-state index is 13.5. The molecule has 1 aromatic rings. The predicted octanol–water partition coefficient (Wildman–Crippen LogP) is 1.09. The van der Waals surface area contributed by atoms with E-state index in [0.29, 0.717) is 6.42 Å². The van der Waals surface area contributed by atoms with E-state index in [1.807, 2.05) is 13.8 Å². The first-order valence-electron chi connectivity index (χ1n) is 5.95. The van der Waals surface area contributed by atoms with Gasteiger partial charge in [-0.05, 0) is 30.5 Å². The van der Waals surface area contributed by atoms with Crippen molar-refractivity contribution in [3.8, 4) is 0 Å². The van der Waals surface area contributed by atoms with Crippen LogP contribution in [0.15, 0.2) is 23.1 Å². The van der Waals surface area contributed by atoms with Crippen LogP contribution in [0.1, 0.15) is 20.3 Å². The van der Waals surface area contributed by atoms with Crippen molar-refractivity contribution < 1.29 is 17.9 Å². The van der Waals surface area contributed by atoms with E-state index in [1.165, 1.54) is 6.07 Å². The monoisotopic (exact) mass is 290 g/mol. The van der Waals surface area contributed by atoms with Gasteiger partial charge in [-0.2, -0.15) is 0 Å². The number of halogens is 1. The summed E-state index contributed by atoms with van der Waals surface area (Å²) < 4.78 is 39.4. The minimum Gasteiger partial charge on any atom is -0.399 e. The van der Waals surface area contributed by atoms with E-state index in [9.17, 15) is 17.9 Å². The van der Waals surface area contributed by atoms with Gasteiger partial charge in [-0.3, -0.25) is 0 Å². The highest BCUT2D eigenvalue weighted by Gasteiger charge is 2.20. The summed E-state index contributed by atoms with van der Waals surface area (Å²) in [4.78, 5) is -0.474.